The average Bonchev–Trinajstić information content (AvgIpc) is 2.75. The smallest absolute Gasteiger partial charge is 0.129 e. The molecule has 0 saturated heterocycles. The predicted molar refractivity (Wildman–Crippen MR) is 69.3 cm³/mol. The van der Waals surface area contributed by atoms with Crippen LogP contribution in [0.4, 0.5) is 4.39 Å². The number of rotatable bonds is 3. The summed E-state index contributed by atoms with van der Waals surface area (Å²) in [4.78, 5) is 1.11. The minimum Gasteiger partial charge on any atom is -0.309 e. The van der Waals surface area contributed by atoms with Crippen molar-refractivity contribution in [3.63, 3.8) is 0 Å². The van der Waals surface area contributed by atoms with E-state index in [0.717, 1.165) is 9.35 Å². The molecule has 2 aromatic rings. The van der Waals surface area contributed by atoms with Gasteiger partial charge in [0.2, 0.25) is 0 Å². The van der Waals surface area contributed by atoms with E-state index in [9.17, 15) is 4.39 Å². The van der Waals surface area contributed by atoms with Gasteiger partial charge in [0.05, 0.1) is 6.04 Å². The molecule has 4 heteroatoms. The van der Waals surface area contributed by atoms with Crippen molar-refractivity contribution < 1.29 is 4.39 Å². The van der Waals surface area contributed by atoms with Crippen molar-refractivity contribution in [2.24, 2.45) is 0 Å². The third-order valence-corrected chi connectivity index (χ3v) is 3.82. The number of halogens is 2. The van der Waals surface area contributed by atoms with Crippen molar-refractivity contribution in [1.82, 2.24) is 5.32 Å². The SMILES string of the molecule is CNC(c1cccs1)c1ccc(Br)cc1F. The Morgan fingerprint density at radius 1 is 1.38 bits per heavy atom. The van der Waals surface area contributed by atoms with Crippen molar-refractivity contribution in [1.29, 1.82) is 0 Å². The van der Waals surface area contributed by atoms with E-state index in [1.165, 1.54) is 6.07 Å². The van der Waals surface area contributed by atoms with Gasteiger partial charge in [-0.2, -0.15) is 0 Å². The molecule has 1 nitrogen and oxygen atoms in total. The molecular formula is C12H11BrFNS. The molecule has 0 aliphatic heterocycles. The highest BCUT2D eigenvalue weighted by Gasteiger charge is 2.16. The summed E-state index contributed by atoms with van der Waals surface area (Å²) in [7, 11) is 1.84. The van der Waals surface area contributed by atoms with Crippen LogP contribution in [0.2, 0.25) is 0 Å². The van der Waals surface area contributed by atoms with Crippen LogP contribution in [0.25, 0.3) is 0 Å². The summed E-state index contributed by atoms with van der Waals surface area (Å²) in [6, 6.07) is 9.06. The lowest BCUT2D eigenvalue weighted by molar-refractivity contribution is 0.578. The Morgan fingerprint density at radius 2 is 2.19 bits per heavy atom. The summed E-state index contributed by atoms with van der Waals surface area (Å²) in [5.74, 6) is -0.192. The summed E-state index contributed by atoms with van der Waals surface area (Å²) in [5.41, 5.74) is 0.674. The average molecular weight is 300 g/mol. The van der Waals surface area contributed by atoms with E-state index in [1.54, 1.807) is 17.4 Å². The third kappa shape index (κ3) is 2.34. The Bertz CT molecular complexity index is 470. The molecule has 1 heterocycles. The summed E-state index contributed by atoms with van der Waals surface area (Å²) in [5, 5.41) is 5.13. The lowest BCUT2D eigenvalue weighted by Crippen LogP contribution is -2.17. The molecule has 1 aromatic carbocycles. The highest BCUT2D eigenvalue weighted by Crippen LogP contribution is 2.28. The van der Waals surface area contributed by atoms with E-state index in [0.29, 0.717) is 5.56 Å². The van der Waals surface area contributed by atoms with Crippen LogP contribution in [0, 0.1) is 5.82 Å². The van der Waals surface area contributed by atoms with E-state index < -0.39 is 0 Å². The maximum atomic E-state index is 13.8. The fourth-order valence-corrected chi connectivity index (χ4v) is 2.83. The highest BCUT2D eigenvalue weighted by atomic mass is 79.9. The Balaban J connectivity index is 2.41. The van der Waals surface area contributed by atoms with Crippen LogP contribution in [0.3, 0.4) is 0 Å². The maximum Gasteiger partial charge on any atom is 0.129 e. The Morgan fingerprint density at radius 3 is 2.75 bits per heavy atom. The van der Waals surface area contributed by atoms with Gasteiger partial charge in [0, 0.05) is 14.9 Å². The van der Waals surface area contributed by atoms with Gasteiger partial charge in [0.1, 0.15) is 5.82 Å². The lowest BCUT2D eigenvalue weighted by atomic mass is 10.1. The largest absolute Gasteiger partial charge is 0.309 e. The molecule has 0 saturated carbocycles. The fraction of sp³-hybridized carbons (Fsp3) is 0.167. The van der Waals surface area contributed by atoms with Crippen molar-refractivity contribution in [3.8, 4) is 0 Å². The van der Waals surface area contributed by atoms with Gasteiger partial charge in [-0.25, -0.2) is 4.39 Å². The van der Waals surface area contributed by atoms with Gasteiger partial charge in [-0.3, -0.25) is 0 Å². The van der Waals surface area contributed by atoms with Crippen molar-refractivity contribution >= 4 is 27.3 Å². The second-order valence-electron chi connectivity index (χ2n) is 3.40. The van der Waals surface area contributed by atoms with Gasteiger partial charge in [0.25, 0.3) is 0 Å². The number of nitrogens with one attached hydrogen (secondary N) is 1. The molecule has 0 spiro atoms. The van der Waals surface area contributed by atoms with Gasteiger partial charge >= 0.3 is 0 Å². The number of hydrogen-bond acceptors (Lipinski definition) is 2. The van der Waals surface area contributed by atoms with Crippen molar-refractivity contribution in [2.45, 2.75) is 6.04 Å². The van der Waals surface area contributed by atoms with E-state index in [-0.39, 0.29) is 11.9 Å². The second-order valence-corrected chi connectivity index (χ2v) is 5.30. The van der Waals surface area contributed by atoms with Crippen LogP contribution in [0.1, 0.15) is 16.5 Å². The maximum absolute atomic E-state index is 13.8. The first-order valence-corrected chi connectivity index (χ1v) is 6.55. The van der Waals surface area contributed by atoms with Crippen LogP contribution in [-0.4, -0.2) is 7.05 Å². The summed E-state index contributed by atoms with van der Waals surface area (Å²) in [6.45, 7) is 0. The molecule has 0 fully saturated rings. The molecule has 84 valence electrons. The summed E-state index contributed by atoms with van der Waals surface area (Å²) in [6.07, 6.45) is 0. The molecule has 1 N–H and O–H groups in total. The van der Waals surface area contributed by atoms with Gasteiger partial charge in [-0.15, -0.1) is 11.3 Å². The zero-order valence-corrected chi connectivity index (χ0v) is 11.1. The van der Waals surface area contributed by atoms with Crippen LogP contribution < -0.4 is 5.32 Å². The molecule has 1 aromatic heterocycles. The zero-order chi connectivity index (χ0) is 11.5. The number of benzene rings is 1. The van der Waals surface area contributed by atoms with Gasteiger partial charge < -0.3 is 5.32 Å². The van der Waals surface area contributed by atoms with Crippen LogP contribution >= 0.6 is 27.3 Å². The second kappa shape index (κ2) is 5.08. The number of hydrogen-bond donors (Lipinski definition) is 1. The minimum atomic E-state index is -0.192. The van der Waals surface area contributed by atoms with Crippen LogP contribution in [0.5, 0.6) is 0 Å². The van der Waals surface area contributed by atoms with E-state index >= 15 is 0 Å². The molecular weight excluding hydrogens is 289 g/mol. The summed E-state index contributed by atoms with van der Waals surface area (Å²) >= 11 is 4.88. The first kappa shape index (κ1) is 11.8. The lowest BCUT2D eigenvalue weighted by Gasteiger charge is -2.15. The predicted octanol–water partition coefficient (Wildman–Crippen LogP) is 3.96. The van der Waals surface area contributed by atoms with Crippen LogP contribution in [-0.2, 0) is 0 Å². The Labute approximate surface area is 106 Å². The highest BCUT2D eigenvalue weighted by molar-refractivity contribution is 9.10. The van der Waals surface area contributed by atoms with Gasteiger partial charge in [0.15, 0.2) is 0 Å². The molecule has 0 amide bonds. The minimum absolute atomic E-state index is 0.0758. The molecule has 0 aliphatic rings. The molecule has 16 heavy (non-hydrogen) atoms. The normalized spacial score (nSPS) is 12.7. The van der Waals surface area contributed by atoms with Crippen molar-refractivity contribution in [2.75, 3.05) is 7.05 Å². The van der Waals surface area contributed by atoms with Crippen molar-refractivity contribution in [3.05, 3.63) is 56.4 Å². The molecule has 0 radical (unpaired) electrons. The van der Waals surface area contributed by atoms with E-state index in [4.69, 9.17) is 0 Å². The first-order chi connectivity index (χ1) is 7.72. The quantitative estimate of drug-likeness (QED) is 0.905. The summed E-state index contributed by atoms with van der Waals surface area (Å²) < 4.78 is 14.6. The Hall–Kier alpha value is -0.710. The fourth-order valence-electron chi connectivity index (χ4n) is 1.64. The standard InChI is InChI=1S/C12H11BrFNS/c1-15-12(11-3-2-6-16-11)9-5-4-8(13)7-10(9)14/h2-7,12,15H,1H3. The monoisotopic (exact) mass is 299 g/mol. The molecule has 2 rings (SSSR count). The topological polar surface area (TPSA) is 12.0 Å². The molecule has 0 bridgehead atoms. The molecule has 0 aliphatic carbocycles. The van der Waals surface area contributed by atoms with E-state index in [2.05, 4.69) is 21.2 Å². The third-order valence-electron chi connectivity index (χ3n) is 2.39. The number of thiophene rings is 1. The molecule has 1 atom stereocenters. The van der Waals surface area contributed by atoms with Crippen LogP contribution in [0.15, 0.2) is 40.2 Å². The zero-order valence-electron chi connectivity index (χ0n) is 8.71. The molecule has 1 unspecified atom stereocenters. The van der Waals surface area contributed by atoms with Gasteiger partial charge in [-0.1, -0.05) is 28.1 Å². The first-order valence-electron chi connectivity index (χ1n) is 4.88. The Kier molecular flexibility index (Phi) is 3.74. The van der Waals surface area contributed by atoms with E-state index in [1.807, 2.05) is 30.6 Å². The van der Waals surface area contributed by atoms with Gasteiger partial charge in [-0.05, 0) is 30.6 Å².